The predicted octanol–water partition coefficient (Wildman–Crippen LogP) is 3.01. The molecule has 0 aromatic rings. The first kappa shape index (κ1) is 11.0. The van der Waals surface area contributed by atoms with Crippen LogP contribution in [0.1, 0.15) is 41.5 Å². The molecule has 0 saturated carbocycles. The van der Waals surface area contributed by atoms with Crippen molar-refractivity contribution in [1.82, 2.24) is 4.90 Å². The van der Waals surface area contributed by atoms with Crippen LogP contribution in [-0.2, 0) is 0 Å². The van der Waals surface area contributed by atoms with Crippen molar-refractivity contribution in [2.45, 2.75) is 53.6 Å². The molecule has 4 atom stereocenters. The van der Waals surface area contributed by atoms with Crippen molar-refractivity contribution in [2.24, 2.45) is 17.8 Å². The highest BCUT2D eigenvalue weighted by Crippen LogP contribution is 2.34. The summed E-state index contributed by atoms with van der Waals surface area (Å²) in [4.78, 5) is 2.68. The zero-order chi connectivity index (χ0) is 10.2. The van der Waals surface area contributed by atoms with E-state index >= 15 is 0 Å². The lowest BCUT2D eigenvalue weighted by atomic mass is 9.92. The Balaban J connectivity index is 2.64. The normalized spacial score (nSPS) is 41.8. The maximum Gasteiger partial charge on any atom is 0.00987 e. The number of hydrogen-bond donors (Lipinski definition) is 0. The Morgan fingerprint density at radius 2 is 1.31 bits per heavy atom. The van der Waals surface area contributed by atoms with Crippen molar-refractivity contribution < 1.29 is 0 Å². The Bertz CT molecular complexity index is 151. The molecule has 1 aliphatic heterocycles. The van der Waals surface area contributed by atoms with Crippen LogP contribution in [0.5, 0.6) is 0 Å². The van der Waals surface area contributed by atoms with Crippen LogP contribution in [-0.4, -0.2) is 23.5 Å². The first-order valence-electron chi connectivity index (χ1n) is 5.70. The Morgan fingerprint density at radius 3 is 1.62 bits per heavy atom. The minimum Gasteiger partial charge on any atom is -0.297 e. The number of hydrogen-bond acceptors (Lipinski definition) is 1. The second kappa shape index (κ2) is 4.00. The molecular weight excluding hydrogens is 158 g/mol. The van der Waals surface area contributed by atoms with Gasteiger partial charge in [0.05, 0.1) is 0 Å². The van der Waals surface area contributed by atoms with Crippen LogP contribution in [0.15, 0.2) is 0 Å². The second-order valence-corrected chi connectivity index (χ2v) is 5.29. The van der Waals surface area contributed by atoms with E-state index < -0.39 is 0 Å². The quantitative estimate of drug-likeness (QED) is 0.636. The fourth-order valence-corrected chi connectivity index (χ4v) is 2.61. The molecule has 0 bridgehead atoms. The lowest BCUT2D eigenvalue weighted by Gasteiger charge is -2.28. The SMILES string of the molecule is CC(C)CN1[C@H](C)[C@H](C)[C@H](C)[C@@H]1C. The second-order valence-electron chi connectivity index (χ2n) is 5.29. The van der Waals surface area contributed by atoms with Crippen molar-refractivity contribution in [3.8, 4) is 0 Å². The smallest absolute Gasteiger partial charge is 0.00987 e. The van der Waals surface area contributed by atoms with E-state index in [2.05, 4.69) is 46.4 Å². The minimum atomic E-state index is 0.771. The minimum absolute atomic E-state index is 0.771. The summed E-state index contributed by atoms with van der Waals surface area (Å²) in [6, 6.07) is 1.54. The lowest BCUT2D eigenvalue weighted by Crippen LogP contribution is -2.37. The Labute approximate surface area is 83.5 Å². The summed E-state index contributed by atoms with van der Waals surface area (Å²) < 4.78 is 0. The van der Waals surface area contributed by atoms with E-state index in [1.807, 2.05) is 0 Å². The Morgan fingerprint density at radius 1 is 0.923 bits per heavy atom. The molecule has 1 fully saturated rings. The van der Waals surface area contributed by atoms with Gasteiger partial charge in [-0.05, 0) is 31.6 Å². The third kappa shape index (κ3) is 2.07. The van der Waals surface area contributed by atoms with Gasteiger partial charge in [-0.3, -0.25) is 4.90 Å². The van der Waals surface area contributed by atoms with Crippen LogP contribution in [0.4, 0.5) is 0 Å². The Hall–Kier alpha value is -0.0400. The average Bonchev–Trinajstić information content (AvgIpc) is 2.22. The number of rotatable bonds is 2. The van der Waals surface area contributed by atoms with E-state index in [-0.39, 0.29) is 0 Å². The van der Waals surface area contributed by atoms with Gasteiger partial charge in [-0.25, -0.2) is 0 Å². The largest absolute Gasteiger partial charge is 0.297 e. The summed E-state index contributed by atoms with van der Waals surface area (Å²) in [5, 5.41) is 0. The molecular formula is C12H25N. The van der Waals surface area contributed by atoms with Crippen molar-refractivity contribution in [2.75, 3.05) is 6.54 Å². The van der Waals surface area contributed by atoms with Crippen molar-refractivity contribution in [1.29, 1.82) is 0 Å². The molecule has 0 amide bonds. The first-order valence-corrected chi connectivity index (χ1v) is 5.70. The van der Waals surface area contributed by atoms with Gasteiger partial charge in [-0.1, -0.05) is 27.7 Å². The van der Waals surface area contributed by atoms with E-state index in [0.29, 0.717) is 0 Å². The van der Waals surface area contributed by atoms with Gasteiger partial charge in [0, 0.05) is 18.6 Å². The van der Waals surface area contributed by atoms with Crippen molar-refractivity contribution in [3.05, 3.63) is 0 Å². The maximum atomic E-state index is 2.68. The molecule has 1 rings (SSSR count). The molecule has 78 valence electrons. The van der Waals surface area contributed by atoms with Gasteiger partial charge >= 0.3 is 0 Å². The fraction of sp³-hybridized carbons (Fsp3) is 1.00. The summed E-state index contributed by atoms with van der Waals surface area (Å²) in [6.07, 6.45) is 0. The highest BCUT2D eigenvalue weighted by atomic mass is 15.2. The van der Waals surface area contributed by atoms with Crippen LogP contribution >= 0.6 is 0 Å². The molecule has 0 aromatic carbocycles. The van der Waals surface area contributed by atoms with Gasteiger partial charge in [0.1, 0.15) is 0 Å². The summed E-state index contributed by atoms with van der Waals surface area (Å²) in [5.41, 5.74) is 0. The van der Waals surface area contributed by atoms with Gasteiger partial charge in [0.25, 0.3) is 0 Å². The van der Waals surface area contributed by atoms with Gasteiger partial charge in [-0.15, -0.1) is 0 Å². The maximum absolute atomic E-state index is 2.68. The van der Waals surface area contributed by atoms with E-state index in [9.17, 15) is 0 Å². The van der Waals surface area contributed by atoms with Crippen LogP contribution in [0.2, 0.25) is 0 Å². The highest BCUT2D eigenvalue weighted by molar-refractivity contribution is 4.92. The van der Waals surface area contributed by atoms with Crippen LogP contribution in [0.25, 0.3) is 0 Å². The van der Waals surface area contributed by atoms with E-state index in [4.69, 9.17) is 0 Å². The number of nitrogens with zero attached hydrogens (tertiary/aromatic N) is 1. The molecule has 1 aliphatic rings. The molecule has 13 heavy (non-hydrogen) atoms. The first-order chi connectivity index (χ1) is 5.95. The topological polar surface area (TPSA) is 3.24 Å². The fourth-order valence-electron chi connectivity index (χ4n) is 2.61. The summed E-state index contributed by atoms with van der Waals surface area (Å²) in [7, 11) is 0. The van der Waals surface area contributed by atoms with Crippen molar-refractivity contribution >= 4 is 0 Å². The van der Waals surface area contributed by atoms with E-state index in [1.54, 1.807) is 0 Å². The molecule has 1 heterocycles. The van der Waals surface area contributed by atoms with Gasteiger partial charge in [0.15, 0.2) is 0 Å². The van der Waals surface area contributed by atoms with Crippen LogP contribution < -0.4 is 0 Å². The molecule has 0 unspecified atom stereocenters. The standard InChI is InChI=1S/C12H25N/c1-8(2)7-13-11(5)9(3)10(4)12(13)6/h8-12H,7H2,1-6H3/t9-,10+,11-,12+. The van der Waals surface area contributed by atoms with Crippen LogP contribution in [0.3, 0.4) is 0 Å². The van der Waals surface area contributed by atoms with E-state index in [1.165, 1.54) is 6.54 Å². The molecule has 0 aromatic heterocycles. The summed E-state index contributed by atoms with van der Waals surface area (Å²) in [5.74, 6) is 2.50. The zero-order valence-electron chi connectivity index (χ0n) is 10.0. The Kier molecular flexibility index (Phi) is 3.39. The van der Waals surface area contributed by atoms with Crippen molar-refractivity contribution in [3.63, 3.8) is 0 Å². The monoisotopic (exact) mass is 183 g/mol. The molecule has 0 radical (unpaired) electrons. The van der Waals surface area contributed by atoms with Gasteiger partial charge in [0.2, 0.25) is 0 Å². The molecule has 1 saturated heterocycles. The average molecular weight is 183 g/mol. The highest BCUT2D eigenvalue weighted by Gasteiger charge is 2.39. The predicted molar refractivity (Wildman–Crippen MR) is 58.8 cm³/mol. The number of likely N-dealkylation sites (tertiary alicyclic amines) is 1. The molecule has 0 aliphatic carbocycles. The molecule has 0 spiro atoms. The third-order valence-electron chi connectivity index (χ3n) is 3.97. The summed E-state index contributed by atoms with van der Waals surface area (Å²) >= 11 is 0. The summed E-state index contributed by atoms with van der Waals surface area (Å²) in [6.45, 7) is 15.4. The molecule has 1 nitrogen and oxygen atoms in total. The lowest BCUT2D eigenvalue weighted by molar-refractivity contribution is 0.176. The van der Waals surface area contributed by atoms with Crippen LogP contribution in [0, 0.1) is 17.8 Å². The molecule has 1 heteroatoms. The van der Waals surface area contributed by atoms with Gasteiger partial charge < -0.3 is 0 Å². The van der Waals surface area contributed by atoms with Gasteiger partial charge in [-0.2, -0.15) is 0 Å². The molecule has 0 N–H and O–H groups in total. The zero-order valence-corrected chi connectivity index (χ0v) is 10.0. The van der Waals surface area contributed by atoms with E-state index in [0.717, 1.165) is 29.8 Å². The third-order valence-corrected chi connectivity index (χ3v) is 3.97.